The standard InChI is InChI=1S/C18H17F3N4O3/c1-18(20,21)12-5-10(3-4-13(12)19)14-7-23-6-11(24-14)8-25-9-15(16(26)22-2)28-17(25)27/h3-7,15H,8-9H2,1-2H3,(H,22,26). The summed E-state index contributed by atoms with van der Waals surface area (Å²) in [6.45, 7) is 0.678. The van der Waals surface area contributed by atoms with Crippen LogP contribution in [0.15, 0.2) is 30.6 Å². The van der Waals surface area contributed by atoms with Crippen molar-refractivity contribution in [2.45, 2.75) is 25.5 Å². The van der Waals surface area contributed by atoms with Crippen molar-refractivity contribution in [2.75, 3.05) is 13.6 Å². The molecule has 148 valence electrons. The number of nitrogens with one attached hydrogen (secondary N) is 1. The molecule has 0 bridgehead atoms. The number of hydrogen-bond donors (Lipinski definition) is 1. The SMILES string of the molecule is CNC(=O)C1CN(Cc2cncc(-c3ccc(F)c(C(C)(F)F)c3)n2)C(=O)O1. The first-order valence-corrected chi connectivity index (χ1v) is 8.35. The maximum absolute atomic E-state index is 13.7. The van der Waals surface area contributed by atoms with Gasteiger partial charge in [-0.25, -0.2) is 22.9 Å². The zero-order valence-corrected chi connectivity index (χ0v) is 15.1. The number of carbonyl (C=O) groups excluding carboxylic acids is 2. The van der Waals surface area contributed by atoms with Gasteiger partial charge in [0.05, 0.1) is 42.4 Å². The van der Waals surface area contributed by atoms with Crippen LogP contribution in [-0.4, -0.2) is 46.6 Å². The van der Waals surface area contributed by atoms with Crippen LogP contribution in [-0.2, 0) is 22.0 Å². The zero-order valence-electron chi connectivity index (χ0n) is 15.1. The van der Waals surface area contributed by atoms with Crippen LogP contribution in [0.5, 0.6) is 0 Å². The molecule has 1 unspecified atom stereocenters. The third-order valence-corrected chi connectivity index (χ3v) is 4.20. The number of halogens is 3. The molecule has 1 atom stereocenters. The molecular weight excluding hydrogens is 377 g/mol. The second-order valence-corrected chi connectivity index (χ2v) is 6.35. The van der Waals surface area contributed by atoms with E-state index in [4.69, 9.17) is 4.74 Å². The van der Waals surface area contributed by atoms with Crippen LogP contribution in [0.3, 0.4) is 0 Å². The number of alkyl halides is 2. The Morgan fingerprint density at radius 2 is 2.14 bits per heavy atom. The van der Waals surface area contributed by atoms with Crippen molar-refractivity contribution >= 4 is 12.0 Å². The molecule has 3 rings (SSSR count). The lowest BCUT2D eigenvalue weighted by molar-refractivity contribution is -0.127. The van der Waals surface area contributed by atoms with Gasteiger partial charge in [0.2, 0.25) is 0 Å². The van der Waals surface area contributed by atoms with Crippen molar-refractivity contribution in [3.63, 3.8) is 0 Å². The highest BCUT2D eigenvalue weighted by Crippen LogP contribution is 2.32. The molecule has 2 heterocycles. The van der Waals surface area contributed by atoms with Crippen LogP contribution in [0.25, 0.3) is 11.3 Å². The van der Waals surface area contributed by atoms with E-state index in [0.29, 0.717) is 12.6 Å². The summed E-state index contributed by atoms with van der Waals surface area (Å²) in [4.78, 5) is 33.1. The Hall–Kier alpha value is -3.17. The van der Waals surface area contributed by atoms with E-state index in [1.807, 2.05) is 0 Å². The van der Waals surface area contributed by atoms with E-state index in [0.717, 1.165) is 12.1 Å². The van der Waals surface area contributed by atoms with E-state index >= 15 is 0 Å². The van der Waals surface area contributed by atoms with Gasteiger partial charge in [-0.05, 0) is 18.2 Å². The lowest BCUT2D eigenvalue weighted by Gasteiger charge is -2.14. The van der Waals surface area contributed by atoms with Gasteiger partial charge in [-0.1, -0.05) is 0 Å². The highest BCUT2D eigenvalue weighted by atomic mass is 19.3. The van der Waals surface area contributed by atoms with Crippen LogP contribution < -0.4 is 5.32 Å². The third kappa shape index (κ3) is 4.05. The lowest BCUT2D eigenvalue weighted by Crippen LogP contribution is -2.35. The van der Waals surface area contributed by atoms with E-state index in [9.17, 15) is 22.8 Å². The number of cyclic esters (lactones) is 1. The molecule has 1 saturated heterocycles. The van der Waals surface area contributed by atoms with Crippen LogP contribution in [0.1, 0.15) is 18.2 Å². The second kappa shape index (κ2) is 7.45. The van der Waals surface area contributed by atoms with Gasteiger partial charge >= 0.3 is 6.09 Å². The van der Waals surface area contributed by atoms with Crippen molar-refractivity contribution in [1.29, 1.82) is 0 Å². The summed E-state index contributed by atoms with van der Waals surface area (Å²) in [6, 6.07) is 3.29. The van der Waals surface area contributed by atoms with Crippen LogP contribution in [0.2, 0.25) is 0 Å². The monoisotopic (exact) mass is 394 g/mol. The first kappa shape index (κ1) is 19.6. The summed E-state index contributed by atoms with van der Waals surface area (Å²) in [5.74, 6) is -4.78. The van der Waals surface area contributed by atoms with E-state index in [2.05, 4.69) is 15.3 Å². The minimum absolute atomic E-state index is 0.0190. The van der Waals surface area contributed by atoms with Crippen molar-refractivity contribution < 1.29 is 27.5 Å². The van der Waals surface area contributed by atoms with Gasteiger partial charge in [0, 0.05) is 19.5 Å². The molecule has 0 radical (unpaired) electrons. The van der Waals surface area contributed by atoms with E-state index in [1.54, 1.807) is 0 Å². The van der Waals surface area contributed by atoms with Crippen LogP contribution in [0.4, 0.5) is 18.0 Å². The highest BCUT2D eigenvalue weighted by molar-refractivity contribution is 5.86. The molecule has 0 spiro atoms. The molecule has 10 heteroatoms. The van der Waals surface area contributed by atoms with Crippen molar-refractivity contribution in [3.8, 4) is 11.3 Å². The summed E-state index contributed by atoms with van der Waals surface area (Å²) in [5, 5.41) is 2.40. The molecular formula is C18H17F3N4O3. The topological polar surface area (TPSA) is 84.4 Å². The number of likely N-dealkylation sites (N-methyl/N-ethyl adjacent to an activating group) is 1. The van der Waals surface area contributed by atoms with Gasteiger partial charge in [-0.2, -0.15) is 0 Å². The van der Waals surface area contributed by atoms with Gasteiger partial charge in [0.15, 0.2) is 6.10 Å². The number of benzene rings is 1. The molecule has 0 aliphatic carbocycles. The number of carbonyl (C=O) groups is 2. The third-order valence-electron chi connectivity index (χ3n) is 4.20. The summed E-state index contributed by atoms with van der Waals surface area (Å²) >= 11 is 0. The van der Waals surface area contributed by atoms with Gasteiger partial charge in [0.25, 0.3) is 11.8 Å². The predicted octanol–water partition coefficient (Wildman–Crippen LogP) is 2.46. The largest absolute Gasteiger partial charge is 0.434 e. The second-order valence-electron chi connectivity index (χ2n) is 6.35. The molecule has 2 amide bonds. The number of amides is 2. The van der Waals surface area contributed by atoms with Gasteiger partial charge in [-0.15, -0.1) is 0 Å². The minimum Gasteiger partial charge on any atom is -0.434 e. The number of nitrogens with zero attached hydrogens (tertiary/aromatic N) is 3. The molecule has 0 saturated carbocycles. The van der Waals surface area contributed by atoms with Crippen molar-refractivity contribution in [1.82, 2.24) is 20.2 Å². The Bertz CT molecular complexity index is 917. The van der Waals surface area contributed by atoms with E-state index in [-0.39, 0.29) is 24.3 Å². The fraction of sp³-hybridized carbons (Fsp3) is 0.333. The zero-order chi connectivity index (χ0) is 20.5. The quantitative estimate of drug-likeness (QED) is 0.842. The van der Waals surface area contributed by atoms with Crippen molar-refractivity contribution in [2.24, 2.45) is 0 Å². The minimum atomic E-state index is -3.35. The summed E-state index contributed by atoms with van der Waals surface area (Å²) in [6.07, 6.45) is 1.17. The number of rotatable bonds is 5. The first-order valence-electron chi connectivity index (χ1n) is 8.35. The summed E-state index contributed by atoms with van der Waals surface area (Å²) in [7, 11) is 1.44. The average molecular weight is 394 g/mol. The lowest BCUT2D eigenvalue weighted by atomic mass is 10.0. The Labute approximate surface area is 158 Å². The summed E-state index contributed by atoms with van der Waals surface area (Å²) in [5.41, 5.74) is 0.132. The number of hydrogen-bond acceptors (Lipinski definition) is 5. The van der Waals surface area contributed by atoms with Crippen molar-refractivity contribution in [3.05, 3.63) is 47.7 Å². The fourth-order valence-corrected chi connectivity index (χ4v) is 2.77. The predicted molar refractivity (Wildman–Crippen MR) is 91.7 cm³/mol. The van der Waals surface area contributed by atoms with Gasteiger partial charge < -0.3 is 10.1 Å². The molecule has 7 nitrogen and oxygen atoms in total. The smallest absolute Gasteiger partial charge is 0.411 e. The van der Waals surface area contributed by atoms with Gasteiger partial charge in [-0.3, -0.25) is 14.7 Å². The molecule has 28 heavy (non-hydrogen) atoms. The molecule has 1 aliphatic heterocycles. The van der Waals surface area contributed by atoms with E-state index < -0.39 is 35.4 Å². The normalized spacial score (nSPS) is 16.8. The first-order chi connectivity index (χ1) is 13.2. The Kier molecular flexibility index (Phi) is 5.21. The molecule has 2 aromatic rings. The average Bonchev–Trinajstić information content (AvgIpc) is 3.01. The van der Waals surface area contributed by atoms with Crippen LogP contribution >= 0.6 is 0 Å². The number of ether oxygens (including phenoxy) is 1. The highest BCUT2D eigenvalue weighted by Gasteiger charge is 2.35. The molecule has 1 fully saturated rings. The maximum Gasteiger partial charge on any atom is 0.411 e. The number of aromatic nitrogens is 2. The van der Waals surface area contributed by atoms with E-state index in [1.165, 1.54) is 30.4 Å². The van der Waals surface area contributed by atoms with Crippen LogP contribution in [0, 0.1) is 5.82 Å². The Morgan fingerprint density at radius 1 is 1.39 bits per heavy atom. The maximum atomic E-state index is 13.7. The van der Waals surface area contributed by atoms with Gasteiger partial charge in [0.1, 0.15) is 5.82 Å². The fourth-order valence-electron chi connectivity index (χ4n) is 2.77. The summed E-state index contributed by atoms with van der Waals surface area (Å²) < 4.78 is 45.8. The molecule has 1 aliphatic rings. The molecule has 1 aromatic heterocycles. The Morgan fingerprint density at radius 3 is 2.82 bits per heavy atom. The molecule has 1 N–H and O–H groups in total. The Balaban J connectivity index is 1.82. The molecule has 1 aromatic carbocycles.